The number of nitriles is 1. The van der Waals surface area contributed by atoms with Gasteiger partial charge in [0.25, 0.3) is 0 Å². The molecule has 0 amide bonds. The monoisotopic (exact) mass is 278 g/mol. The lowest BCUT2D eigenvalue weighted by Gasteiger charge is -2.36. The highest BCUT2D eigenvalue weighted by Crippen LogP contribution is 2.37. The second kappa shape index (κ2) is 5.05. The first-order valence-electron chi connectivity index (χ1n) is 7.68. The molecule has 1 saturated heterocycles. The first-order valence-corrected chi connectivity index (χ1v) is 7.68. The van der Waals surface area contributed by atoms with Gasteiger partial charge in [0.2, 0.25) is 0 Å². The Balaban J connectivity index is 1.77. The third-order valence-electron chi connectivity index (χ3n) is 4.68. The third-order valence-corrected chi connectivity index (χ3v) is 4.68. The molecule has 2 atom stereocenters. The molecule has 0 N–H and O–H groups in total. The van der Waals surface area contributed by atoms with Gasteiger partial charge in [-0.1, -0.05) is 30.3 Å². The van der Waals surface area contributed by atoms with Crippen LogP contribution >= 0.6 is 0 Å². The Kier molecular flexibility index (Phi) is 3.05. The summed E-state index contributed by atoms with van der Waals surface area (Å²) in [4.78, 5) is 2.33. The summed E-state index contributed by atoms with van der Waals surface area (Å²) in [5, 5.41) is 12.0. The van der Waals surface area contributed by atoms with Crippen LogP contribution in [0.3, 0.4) is 0 Å². The molecule has 2 aliphatic heterocycles. The van der Waals surface area contributed by atoms with E-state index in [4.69, 9.17) is 4.74 Å². The Morgan fingerprint density at radius 1 is 1.10 bits per heavy atom. The van der Waals surface area contributed by atoms with Crippen molar-refractivity contribution in [1.82, 2.24) is 4.90 Å². The molecule has 3 nitrogen and oxygen atoms in total. The molecule has 106 valence electrons. The van der Waals surface area contributed by atoms with Crippen molar-refractivity contribution in [2.75, 3.05) is 13.1 Å². The van der Waals surface area contributed by atoms with Crippen molar-refractivity contribution in [2.24, 2.45) is 5.92 Å². The van der Waals surface area contributed by atoms with Crippen LogP contribution in [0, 0.1) is 17.2 Å². The number of fused-ring (bicyclic) bond motifs is 3. The highest BCUT2D eigenvalue weighted by Gasteiger charge is 2.36. The Morgan fingerprint density at radius 3 is 2.71 bits per heavy atom. The molecule has 0 bridgehead atoms. The average molecular weight is 278 g/mol. The molecule has 2 aromatic carbocycles. The van der Waals surface area contributed by atoms with E-state index in [0.29, 0.717) is 0 Å². The Labute approximate surface area is 124 Å². The fourth-order valence-corrected chi connectivity index (χ4v) is 3.60. The summed E-state index contributed by atoms with van der Waals surface area (Å²) in [7, 11) is 0. The highest BCUT2D eigenvalue weighted by molar-refractivity contribution is 5.88. The standard InChI is InChI=1S/C18H18N2O/c19-12-14-11-16-15-6-2-1-5-13(15)7-8-17(16)21-18(14)20-9-3-4-10-20/h1-2,5-8,14,18H,3-4,9-11H2/t14-,18+/m0/s1. The van der Waals surface area contributed by atoms with E-state index in [0.717, 1.165) is 25.3 Å². The van der Waals surface area contributed by atoms with Gasteiger partial charge in [0.15, 0.2) is 6.23 Å². The predicted molar refractivity (Wildman–Crippen MR) is 82.0 cm³/mol. The quantitative estimate of drug-likeness (QED) is 0.802. The minimum Gasteiger partial charge on any atom is -0.473 e. The van der Waals surface area contributed by atoms with Crippen molar-refractivity contribution in [1.29, 1.82) is 5.26 Å². The van der Waals surface area contributed by atoms with E-state index in [1.807, 2.05) is 6.07 Å². The van der Waals surface area contributed by atoms with Gasteiger partial charge in [-0.15, -0.1) is 0 Å². The maximum Gasteiger partial charge on any atom is 0.168 e. The molecule has 0 spiro atoms. The van der Waals surface area contributed by atoms with Gasteiger partial charge in [-0.2, -0.15) is 5.26 Å². The number of benzene rings is 2. The SMILES string of the molecule is N#C[C@@H]1Cc2c(ccc3ccccc23)O[C@H]1N1CCCC1. The van der Waals surface area contributed by atoms with Crippen molar-refractivity contribution in [3.63, 3.8) is 0 Å². The van der Waals surface area contributed by atoms with Crippen LogP contribution < -0.4 is 4.74 Å². The maximum atomic E-state index is 9.56. The summed E-state index contributed by atoms with van der Waals surface area (Å²) in [6.45, 7) is 2.09. The molecule has 0 unspecified atom stereocenters. The first kappa shape index (κ1) is 12.7. The number of hydrogen-bond acceptors (Lipinski definition) is 3. The molecule has 2 aromatic rings. The topological polar surface area (TPSA) is 36.3 Å². The largest absolute Gasteiger partial charge is 0.473 e. The van der Waals surface area contributed by atoms with Crippen LogP contribution in [-0.2, 0) is 6.42 Å². The van der Waals surface area contributed by atoms with Crippen molar-refractivity contribution < 1.29 is 4.74 Å². The molecule has 0 aromatic heterocycles. The molecule has 21 heavy (non-hydrogen) atoms. The zero-order chi connectivity index (χ0) is 14.2. The Hall–Kier alpha value is -2.05. The molecule has 1 fully saturated rings. The molecule has 4 rings (SSSR count). The predicted octanol–water partition coefficient (Wildman–Crippen LogP) is 3.34. The second-order valence-corrected chi connectivity index (χ2v) is 5.95. The number of ether oxygens (including phenoxy) is 1. The number of hydrogen-bond donors (Lipinski definition) is 0. The summed E-state index contributed by atoms with van der Waals surface area (Å²) in [5.41, 5.74) is 1.19. The van der Waals surface area contributed by atoms with Gasteiger partial charge in [0.05, 0.1) is 6.07 Å². The summed E-state index contributed by atoms with van der Waals surface area (Å²) < 4.78 is 6.23. The van der Waals surface area contributed by atoms with E-state index >= 15 is 0 Å². The van der Waals surface area contributed by atoms with E-state index < -0.39 is 0 Å². The smallest absolute Gasteiger partial charge is 0.168 e. The Bertz CT molecular complexity index is 713. The van der Waals surface area contributed by atoms with Crippen LogP contribution in [0.2, 0.25) is 0 Å². The normalized spacial score (nSPS) is 25.3. The molecule has 2 aliphatic rings. The van der Waals surface area contributed by atoms with Crippen LogP contribution in [0.1, 0.15) is 18.4 Å². The van der Waals surface area contributed by atoms with Gasteiger partial charge in [-0.3, -0.25) is 4.90 Å². The lowest BCUT2D eigenvalue weighted by molar-refractivity contribution is 0.00153. The number of nitrogens with zero attached hydrogens (tertiary/aromatic N) is 2. The van der Waals surface area contributed by atoms with Crippen molar-refractivity contribution >= 4 is 10.8 Å². The van der Waals surface area contributed by atoms with Crippen molar-refractivity contribution in [3.05, 3.63) is 42.0 Å². The highest BCUT2D eigenvalue weighted by atomic mass is 16.5. The average Bonchev–Trinajstić information content (AvgIpc) is 3.07. The van der Waals surface area contributed by atoms with Gasteiger partial charge < -0.3 is 4.74 Å². The van der Waals surface area contributed by atoms with Gasteiger partial charge >= 0.3 is 0 Å². The summed E-state index contributed by atoms with van der Waals surface area (Å²) in [5.74, 6) is 0.874. The lowest BCUT2D eigenvalue weighted by atomic mass is 9.91. The molecular weight excluding hydrogens is 260 g/mol. The zero-order valence-corrected chi connectivity index (χ0v) is 12.0. The van der Waals surface area contributed by atoms with Crippen molar-refractivity contribution in [3.8, 4) is 11.8 Å². The molecule has 0 aliphatic carbocycles. The minimum atomic E-state index is -0.0820. The second-order valence-electron chi connectivity index (χ2n) is 5.95. The fourth-order valence-electron chi connectivity index (χ4n) is 3.60. The zero-order valence-electron chi connectivity index (χ0n) is 12.0. The molecule has 0 radical (unpaired) electrons. The molecule has 3 heteroatoms. The number of likely N-dealkylation sites (tertiary alicyclic amines) is 1. The van der Waals surface area contributed by atoms with Gasteiger partial charge in [0, 0.05) is 18.7 Å². The third kappa shape index (κ3) is 2.07. The van der Waals surface area contributed by atoms with Gasteiger partial charge in [0.1, 0.15) is 11.7 Å². The maximum absolute atomic E-state index is 9.56. The minimum absolute atomic E-state index is 0.0776. The summed E-state index contributed by atoms with van der Waals surface area (Å²) >= 11 is 0. The number of rotatable bonds is 1. The molecule has 0 saturated carbocycles. The van der Waals surface area contributed by atoms with Crippen LogP contribution in [-0.4, -0.2) is 24.2 Å². The van der Waals surface area contributed by atoms with E-state index in [1.54, 1.807) is 0 Å². The van der Waals surface area contributed by atoms with E-state index in [9.17, 15) is 5.26 Å². The molecular formula is C18H18N2O. The lowest BCUT2D eigenvalue weighted by Crippen LogP contribution is -2.45. The van der Waals surface area contributed by atoms with E-state index in [-0.39, 0.29) is 12.1 Å². The van der Waals surface area contributed by atoms with Gasteiger partial charge in [-0.25, -0.2) is 0 Å². The Morgan fingerprint density at radius 2 is 1.90 bits per heavy atom. The summed E-state index contributed by atoms with van der Waals surface area (Å²) in [6, 6.07) is 15.0. The van der Waals surface area contributed by atoms with Gasteiger partial charge in [-0.05, 0) is 36.1 Å². The van der Waals surface area contributed by atoms with Crippen molar-refractivity contribution in [2.45, 2.75) is 25.5 Å². The molecule has 2 heterocycles. The van der Waals surface area contributed by atoms with E-state index in [2.05, 4.69) is 41.3 Å². The van der Waals surface area contributed by atoms with Crippen LogP contribution in [0.5, 0.6) is 5.75 Å². The summed E-state index contributed by atoms with van der Waals surface area (Å²) in [6.07, 6.45) is 3.13. The first-order chi connectivity index (χ1) is 10.4. The van der Waals surface area contributed by atoms with E-state index in [1.165, 1.54) is 29.2 Å². The fraction of sp³-hybridized carbons (Fsp3) is 0.389. The van der Waals surface area contributed by atoms with Crippen LogP contribution in [0.4, 0.5) is 0 Å². The van der Waals surface area contributed by atoms with Crippen LogP contribution in [0.25, 0.3) is 10.8 Å². The van der Waals surface area contributed by atoms with Crippen LogP contribution in [0.15, 0.2) is 36.4 Å².